The van der Waals surface area contributed by atoms with Crippen LogP contribution >= 0.6 is 11.6 Å². The van der Waals surface area contributed by atoms with Crippen molar-refractivity contribution in [3.05, 3.63) is 59.1 Å². The topological polar surface area (TPSA) is 53.7 Å². The standard InChI is InChI=1S/C21H19ClF3NO3/c1-3-27-20-18(22)10-17(11-19(20)29-21(23,24)25)28-16-7-6-14-8-13(12(2)26)4-5-15(14)9-16/h4-12H,3,26H2,1-2H3. The van der Waals surface area contributed by atoms with Gasteiger partial charge in [0.2, 0.25) is 0 Å². The minimum absolute atomic E-state index is 0.0500. The third-order valence-corrected chi connectivity index (χ3v) is 4.38. The molecular weight excluding hydrogens is 407 g/mol. The molecule has 3 rings (SSSR count). The fraction of sp³-hybridized carbons (Fsp3) is 0.238. The zero-order valence-corrected chi connectivity index (χ0v) is 16.5. The monoisotopic (exact) mass is 425 g/mol. The summed E-state index contributed by atoms with van der Waals surface area (Å²) in [7, 11) is 0. The largest absolute Gasteiger partial charge is 0.573 e. The summed E-state index contributed by atoms with van der Waals surface area (Å²) in [5.74, 6) is -0.238. The van der Waals surface area contributed by atoms with Gasteiger partial charge in [0.05, 0.1) is 11.6 Å². The third-order valence-electron chi connectivity index (χ3n) is 4.09. The molecule has 0 fully saturated rings. The van der Waals surface area contributed by atoms with E-state index in [2.05, 4.69) is 4.74 Å². The quantitative estimate of drug-likeness (QED) is 0.483. The van der Waals surface area contributed by atoms with Gasteiger partial charge in [0, 0.05) is 18.2 Å². The van der Waals surface area contributed by atoms with Crippen molar-refractivity contribution in [3.8, 4) is 23.0 Å². The van der Waals surface area contributed by atoms with Gasteiger partial charge < -0.3 is 19.9 Å². The van der Waals surface area contributed by atoms with Gasteiger partial charge in [-0.15, -0.1) is 13.2 Å². The molecule has 0 aliphatic heterocycles. The van der Waals surface area contributed by atoms with Crippen molar-refractivity contribution in [1.29, 1.82) is 0 Å². The van der Waals surface area contributed by atoms with Crippen molar-refractivity contribution in [2.75, 3.05) is 6.61 Å². The van der Waals surface area contributed by atoms with E-state index in [-0.39, 0.29) is 29.2 Å². The number of hydrogen-bond donors (Lipinski definition) is 1. The van der Waals surface area contributed by atoms with Crippen LogP contribution in [0.15, 0.2) is 48.5 Å². The van der Waals surface area contributed by atoms with Gasteiger partial charge in [-0.2, -0.15) is 0 Å². The van der Waals surface area contributed by atoms with Crippen LogP contribution < -0.4 is 19.9 Å². The predicted molar refractivity (Wildman–Crippen MR) is 106 cm³/mol. The highest BCUT2D eigenvalue weighted by atomic mass is 35.5. The molecular formula is C21H19ClF3NO3. The fourth-order valence-corrected chi connectivity index (χ4v) is 3.07. The Labute approximate surface area is 170 Å². The van der Waals surface area contributed by atoms with Crippen molar-refractivity contribution in [3.63, 3.8) is 0 Å². The first kappa shape index (κ1) is 21.1. The molecule has 0 aliphatic carbocycles. The Balaban J connectivity index is 1.93. The Morgan fingerprint density at radius 1 is 1.00 bits per heavy atom. The van der Waals surface area contributed by atoms with E-state index in [9.17, 15) is 13.2 Å². The van der Waals surface area contributed by atoms with E-state index >= 15 is 0 Å². The fourth-order valence-electron chi connectivity index (χ4n) is 2.81. The highest BCUT2D eigenvalue weighted by Crippen LogP contribution is 2.42. The molecule has 2 N–H and O–H groups in total. The summed E-state index contributed by atoms with van der Waals surface area (Å²) in [4.78, 5) is 0. The molecule has 0 heterocycles. The first-order valence-corrected chi connectivity index (χ1v) is 9.23. The number of halogens is 4. The normalized spacial score (nSPS) is 12.7. The number of nitrogens with two attached hydrogens (primary N) is 1. The minimum atomic E-state index is -4.89. The lowest BCUT2D eigenvalue weighted by Crippen LogP contribution is -2.18. The van der Waals surface area contributed by atoms with Gasteiger partial charge >= 0.3 is 6.36 Å². The summed E-state index contributed by atoms with van der Waals surface area (Å²) in [6, 6.07) is 13.5. The van der Waals surface area contributed by atoms with E-state index in [4.69, 9.17) is 26.8 Å². The Bertz CT molecular complexity index is 1020. The summed E-state index contributed by atoms with van der Waals surface area (Å²) in [6.07, 6.45) is -4.89. The van der Waals surface area contributed by atoms with Gasteiger partial charge in [-0.3, -0.25) is 0 Å². The molecule has 8 heteroatoms. The van der Waals surface area contributed by atoms with Crippen molar-refractivity contribution >= 4 is 22.4 Å². The Kier molecular flexibility index (Phi) is 6.10. The molecule has 0 saturated heterocycles. The maximum Gasteiger partial charge on any atom is 0.573 e. The van der Waals surface area contributed by atoms with Crippen LogP contribution in [0.5, 0.6) is 23.0 Å². The van der Waals surface area contributed by atoms with Crippen LogP contribution in [0, 0.1) is 0 Å². The van der Waals surface area contributed by atoms with Crippen LogP contribution in [0.3, 0.4) is 0 Å². The molecule has 154 valence electrons. The molecule has 1 atom stereocenters. The zero-order chi connectivity index (χ0) is 21.2. The summed E-state index contributed by atoms with van der Waals surface area (Å²) in [6.45, 7) is 3.65. The molecule has 0 aromatic heterocycles. The van der Waals surface area contributed by atoms with Gasteiger partial charge in [0.25, 0.3) is 0 Å². The second-order valence-corrected chi connectivity index (χ2v) is 6.78. The summed E-state index contributed by atoms with van der Waals surface area (Å²) in [5.41, 5.74) is 6.90. The van der Waals surface area contributed by atoms with Crippen LogP contribution in [-0.4, -0.2) is 13.0 Å². The smallest absolute Gasteiger partial charge is 0.488 e. The molecule has 0 aliphatic rings. The summed E-state index contributed by atoms with van der Waals surface area (Å²) >= 11 is 6.09. The van der Waals surface area contributed by atoms with Crippen molar-refractivity contribution in [2.24, 2.45) is 5.73 Å². The number of alkyl halides is 3. The van der Waals surface area contributed by atoms with Gasteiger partial charge in [0.1, 0.15) is 11.5 Å². The summed E-state index contributed by atoms with van der Waals surface area (Å²) in [5, 5.41) is 1.82. The molecule has 0 saturated carbocycles. The maximum atomic E-state index is 12.7. The highest BCUT2D eigenvalue weighted by Gasteiger charge is 2.33. The average Bonchev–Trinajstić information content (AvgIpc) is 2.63. The van der Waals surface area contributed by atoms with Gasteiger partial charge in [-0.05, 0) is 48.4 Å². The van der Waals surface area contributed by atoms with Gasteiger partial charge in [0.15, 0.2) is 11.5 Å². The van der Waals surface area contributed by atoms with E-state index in [1.165, 1.54) is 6.07 Å². The zero-order valence-electron chi connectivity index (χ0n) is 15.7. The molecule has 0 spiro atoms. The molecule has 0 amide bonds. The van der Waals surface area contributed by atoms with Crippen LogP contribution in [0.25, 0.3) is 10.8 Å². The lowest BCUT2D eigenvalue weighted by Gasteiger charge is -2.16. The van der Waals surface area contributed by atoms with Crippen LogP contribution in [0.2, 0.25) is 5.02 Å². The van der Waals surface area contributed by atoms with Crippen LogP contribution in [-0.2, 0) is 0 Å². The molecule has 4 nitrogen and oxygen atoms in total. The lowest BCUT2D eigenvalue weighted by molar-refractivity contribution is -0.275. The maximum absolute atomic E-state index is 12.7. The second-order valence-electron chi connectivity index (χ2n) is 6.37. The SMILES string of the molecule is CCOc1c(Cl)cc(Oc2ccc3cc(C(C)N)ccc3c2)cc1OC(F)(F)F. The number of benzene rings is 3. The second kappa shape index (κ2) is 8.39. The van der Waals surface area contributed by atoms with E-state index in [1.807, 2.05) is 31.2 Å². The minimum Gasteiger partial charge on any atom is -0.488 e. The van der Waals surface area contributed by atoms with E-state index in [1.54, 1.807) is 19.1 Å². The van der Waals surface area contributed by atoms with Crippen molar-refractivity contribution in [2.45, 2.75) is 26.3 Å². The average molecular weight is 426 g/mol. The molecule has 0 bridgehead atoms. The highest BCUT2D eigenvalue weighted by molar-refractivity contribution is 6.32. The molecule has 3 aromatic carbocycles. The van der Waals surface area contributed by atoms with Crippen LogP contribution in [0.4, 0.5) is 13.2 Å². The first-order chi connectivity index (χ1) is 13.7. The first-order valence-electron chi connectivity index (χ1n) is 8.85. The van der Waals surface area contributed by atoms with E-state index in [0.717, 1.165) is 22.4 Å². The Morgan fingerprint density at radius 3 is 2.34 bits per heavy atom. The third kappa shape index (κ3) is 5.25. The Hall–Kier alpha value is -2.64. The predicted octanol–water partition coefficient (Wildman–Crippen LogP) is 6.60. The van der Waals surface area contributed by atoms with Gasteiger partial charge in [-0.1, -0.05) is 29.8 Å². The van der Waals surface area contributed by atoms with Gasteiger partial charge in [-0.25, -0.2) is 0 Å². The number of fused-ring (bicyclic) bond motifs is 1. The lowest BCUT2D eigenvalue weighted by atomic mass is 10.0. The van der Waals surface area contributed by atoms with E-state index < -0.39 is 12.1 Å². The van der Waals surface area contributed by atoms with Crippen molar-refractivity contribution < 1.29 is 27.4 Å². The Morgan fingerprint density at radius 2 is 1.69 bits per heavy atom. The van der Waals surface area contributed by atoms with E-state index in [0.29, 0.717) is 5.75 Å². The van der Waals surface area contributed by atoms with Crippen LogP contribution in [0.1, 0.15) is 25.5 Å². The summed E-state index contributed by atoms with van der Waals surface area (Å²) < 4.78 is 53.2. The van der Waals surface area contributed by atoms with Crippen molar-refractivity contribution in [1.82, 2.24) is 0 Å². The molecule has 0 radical (unpaired) electrons. The number of ether oxygens (including phenoxy) is 3. The molecule has 3 aromatic rings. The number of rotatable bonds is 6. The molecule has 29 heavy (non-hydrogen) atoms. The number of hydrogen-bond acceptors (Lipinski definition) is 4. The molecule has 1 unspecified atom stereocenters.